The van der Waals surface area contributed by atoms with Crippen LogP contribution in [0.25, 0.3) is 0 Å². The zero-order valence-electron chi connectivity index (χ0n) is 14.4. The lowest BCUT2D eigenvalue weighted by atomic mass is 10.1. The Labute approximate surface area is 151 Å². The molecule has 1 amide bonds. The predicted molar refractivity (Wildman–Crippen MR) is 97.9 cm³/mol. The van der Waals surface area contributed by atoms with Crippen LogP contribution >= 0.6 is 0 Å². The highest BCUT2D eigenvalue weighted by Crippen LogP contribution is 2.30. The topological polar surface area (TPSA) is 87.2 Å². The average molecular weight is 349 g/mol. The Kier molecular flexibility index (Phi) is 5.28. The second kappa shape index (κ2) is 7.79. The Bertz CT molecular complexity index is 869. The van der Waals surface area contributed by atoms with Crippen molar-refractivity contribution in [3.8, 4) is 6.07 Å². The molecule has 0 saturated heterocycles. The van der Waals surface area contributed by atoms with E-state index in [0.29, 0.717) is 24.9 Å². The van der Waals surface area contributed by atoms with Gasteiger partial charge in [-0.2, -0.15) is 5.26 Å². The van der Waals surface area contributed by atoms with Crippen LogP contribution < -0.4 is 4.90 Å². The number of amides is 1. The van der Waals surface area contributed by atoms with Crippen molar-refractivity contribution in [1.29, 1.82) is 5.26 Å². The minimum absolute atomic E-state index is 0.0198. The standard InChI is InChI=1S/C20H19N3O3/c21-14-16-6-4-15(5-7-16)8-11-20(24)22-12-2-1-3-17-13-18(23(25)26)9-10-19(17)22/h4-7,9-10,13H,1-3,8,11-12H2. The fraction of sp³-hybridized carbons (Fsp3) is 0.300. The van der Waals surface area contributed by atoms with Gasteiger partial charge in [-0.3, -0.25) is 14.9 Å². The molecule has 0 spiro atoms. The van der Waals surface area contributed by atoms with Gasteiger partial charge in [0.2, 0.25) is 5.91 Å². The van der Waals surface area contributed by atoms with Gasteiger partial charge in [-0.25, -0.2) is 0 Å². The maximum absolute atomic E-state index is 12.8. The molecule has 6 nitrogen and oxygen atoms in total. The van der Waals surface area contributed by atoms with Crippen molar-refractivity contribution in [3.63, 3.8) is 0 Å². The first kappa shape index (κ1) is 17.6. The van der Waals surface area contributed by atoms with Crippen LogP contribution in [0.2, 0.25) is 0 Å². The number of nitro groups is 1. The van der Waals surface area contributed by atoms with Crippen LogP contribution in [-0.2, 0) is 17.6 Å². The van der Waals surface area contributed by atoms with E-state index in [9.17, 15) is 14.9 Å². The van der Waals surface area contributed by atoms with E-state index in [2.05, 4.69) is 6.07 Å². The Morgan fingerprint density at radius 3 is 2.65 bits per heavy atom. The highest BCUT2D eigenvalue weighted by molar-refractivity contribution is 5.94. The number of nitriles is 1. The van der Waals surface area contributed by atoms with E-state index < -0.39 is 4.92 Å². The zero-order valence-corrected chi connectivity index (χ0v) is 14.4. The average Bonchev–Trinajstić information content (AvgIpc) is 2.88. The van der Waals surface area contributed by atoms with E-state index in [1.54, 1.807) is 29.2 Å². The molecule has 0 radical (unpaired) electrons. The number of benzene rings is 2. The lowest BCUT2D eigenvalue weighted by molar-refractivity contribution is -0.384. The lowest BCUT2D eigenvalue weighted by Crippen LogP contribution is -2.31. The Morgan fingerprint density at radius 2 is 1.96 bits per heavy atom. The fourth-order valence-electron chi connectivity index (χ4n) is 3.25. The monoisotopic (exact) mass is 349 g/mol. The molecule has 0 aliphatic carbocycles. The highest BCUT2D eigenvalue weighted by Gasteiger charge is 2.22. The predicted octanol–water partition coefficient (Wildman–Crippen LogP) is 3.77. The molecule has 1 aliphatic heterocycles. The van der Waals surface area contributed by atoms with Crippen LogP contribution in [0.3, 0.4) is 0 Å². The van der Waals surface area contributed by atoms with E-state index in [0.717, 1.165) is 36.1 Å². The van der Waals surface area contributed by atoms with Gasteiger partial charge >= 0.3 is 0 Å². The Balaban J connectivity index is 1.74. The number of carbonyl (C=O) groups is 1. The van der Waals surface area contributed by atoms with Gasteiger partial charge in [-0.1, -0.05) is 12.1 Å². The van der Waals surface area contributed by atoms with E-state index in [4.69, 9.17) is 5.26 Å². The van der Waals surface area contributed by atoms with Crippen LogP contribution in [-0.4, -0.2) is 17.4 Å². The molecule has 0 bridgehead atoms. The maximum Gasteiger partial charge on any atom is 0.269 e. The number of hydrogen-bond donors (Lipinski definition) is 0. The summed E-state index contributed by atoms with van der Waals surface area (Å²) < 4.78 is 0. The molecule has 1 aliphatic rings. The first-order valence-corrected chi connectivity index (χ1v) is 8.65. The second-order valence-electron chi connectivity index (χ2n) is 6.38. The largest absolute Gasteiger partial charge is 0.312 e. The number of nitrogens with zero attached hydrogens (tertiary/aromatic N) is 3. The zero-order chi connectivity index (χ0) is 18.5. The molecule has 0 fully saturated rings. The van der Waals surface area contributed by atoms with Crippen LogP contribution in [0, 0.1) is 21.4 Å². The summed E-state index contributed by atoms with van der Waals surface area (Å²) in [6, 6.07) is 14.1. The molecule has 0 saturated carbocycles. The summed E-state index contributed by atoms with van der Waals surface area (Å²) in [6.45, 7) is 0.636. The summed E-state index contributed by atoms with van der Waals surface area (Å²) in [7, 11) is 0. The smallest absolute Gasteiger partial charge is 0.269 e. The van der Waals surface area contributed by atoms with Crippen LogP contribution in [0.4, 0.5) is 11.4 Å². The lowest BCUT2D eigenvalue weighted by Gasteiger charge is -2.23. The van der Waals surface area contributed by atoms with E-state index in [1.807, 2.05) is 12.1 Å². The number of anilines is 1. The van der Waals surface area contributed by atoms with Crippen molar-refractivity contribution in [3.05, 3.63) is 69.3 Å². The molecule has 1 heterocycles. The van der Waals surface area contributed by atoms with Crippen LogP contribution in [0.15, 0.2) is 42.5 Å². The fourth-order valence-corrected chi connectivity index (χ4v) is 3.25. The van der Waals surface area contributed by atoms with E-state index in [1.165, 1.54) is 6.07 Å². The van der Waals surface area contributed by atoms with Gasteiger partial charge in [-0.05, 0) is 55.0 Å². The quantitative estimate of drug-likeness (QED) is 0.621. The van der Waals surface area contributed by atoms with Crippen molar-refractivity contribution in [1.82, 2.24) is 0 Å². The van der Waals surface area contributed by atoms with Gasteiger partial charge in [-0.15, -0.1) is 0 Å². The van der Waals surface area contributed by atoms with E-state index in [-0.39, 0.29) is 11.6 Å². The molecule has 2 aromatic carbocycles. The van der Waals surface area contributed by atoms with Crippen LogP contribution in [0.1, 0.15) is 36.0 Å². The molecule has 2 aromatic rings. The summed E-state index contributed by atoms with van der Waals surface area (Å²) in [5, 5.41) is 19.8. The minimum atomic E-state index is -0.401. The number of fused-ring (bicyclic) bond motifs is 1. The third kappa shape index (κ3) is 3.89. The first-order chi connectivity index (χ1) is 12.6. The van der Waals surface area contributed by atoms with Crippen molar-refractivity contribution < 1.29 is 9.72 Å². The number of nitro benzene ring substituents is 1. The maximum atomic E-state index is 12.8. The number of carbonyl (C=O) groups excluding carboxylic acids is 1. The molecule has 0 unspecified atom stereocenters. The van der Waals surface area contributed by atoms with Gasteiger partial charge < -0.3 is 4.90 Å². The van der Waals surface area contributed by atoms with Crippen molar-refractivity contribution >= 4 is 17.3 Å². The third-order valence-corrected chi connectivity index (χ3v) is 4.65. The summed E-state index contributed by atoms with van der Waals surface area (Å²) in [5.74, 6) is 0.0198. The molecule has 0 aromatic heterocycles. The van der Waals surface area contributed by atoms with Crippen molar-refractivity contribution in [2.24, 2.45) is 0 Å². The number of aryl methyl sites for hydroxylation is 2. The van der Waals surface area contributed by atoms with Gasteiger partial charge in [0.25, 0.3) is 5.69 Å². The molecular weight excluding hydrogens is 330 g/mol. The van der Waals surface area contributed by atoms with Crippen molar-refractivity contribution in [2.75, 3.05) is 11.4 Å². The van der Waals surface area contributed by atoms with Gasteiger partial charge in [0, 0.05) is 30.8 Å². The summed E-state index contributed by atoms with van der Waals surface area (Å²) >= 11 is 0. The molecule has 3 rings (SSSR count). The van der Waals surface area contributed by atoms with Crippen LogP contribution in [0.5, 0.6) is 0 Å². The normalized spacial score (nSPS) is 13.4. The number of non-ortho nitro benzene ring substituents is 1. The first-order valence-electron chi connectivity index (χ1n) is 8.65. The molecular formula is C20H19N3O3. The number of hydrogen-bond acceptors (Lipinski definition) is 4. The van der Waals surface area contributed by atoms with E-state index >= 15 is 0 Å². The van der Waals surface area contributed by atoms with Gasteiger partial charge in [0.05, 0.1) is 16.6 Å². The molecule has 132 valence electrons. The second-order valence-corrected chi connectivity index (χ2v) is 6.38. The highest BCUT2D eigenvalue weighted by atomic mass is 16.6. The van der Waals surface area contributed by atoms with Gasteiger partial charge in [0.15, 0.2) is 0 Å². The Morgan fingerprint density at radius 1 is 1.19 bits per heavy atom. The summed E-state index contributed by atoms with van der Waals surface area (Å²) in [5.41, 5.74) is 3.33. The summed E-state index contributed by atoms with van der Waals surface area (Å²) in [4.78, 5) is 25.1. The van der Waals surface area contributed by atoms with Crippen molar-refractivity contribution in [2.45, 2.75) is 32.1 Å². The summed E-state index contributed by atoms with van der Waals surface area (Å²) in [6.07, 6.45) is 3.50. The minimum Gasteiger partial charge on any atom is -0.312 e. The molecule has 6 heteroatoms. The third-order valence-electron chi connectivity index (χ3n) is 4.65. The molecule has 26 heavy (non-hydrogen) atoms. The van der Waals surface area contributed by atoms with Gasteiger partial charge in [0.1, 0.15) is 0 Å². The Hall–Kier alpha value is -3.20. The number of rotatable bonds is 4. The molecule has 0 N–H and O–H groups in total. The molecule has 0 atom stereocenters. The SMILES string of the molecule is N#Cc1ccc(CCC(=O)N2CCCCc3cc([N+](=O)[O-])ccc32)cc1.